The lowest BCUT2D eigenvalue weighted by Crippen LogP contribution is -2.35. The molecule has 1 aliphatic rings. The van der Waals surface area contributed by atoms with Gasteiger partial charge in [-0.3, -0.25) is 0 Å². The maximum atomic E-state index is 4.55. The number of anilines is 3. The Morgan fingerprint density at radius 2 is 2.10 bits per heavy atom. The first-order valence-corrected chi connectivity index (χ1v) is 7.09. The highest BCUT2D eigenvalue weighted by Gasteiger charge is 2.20. The highest BCUT2D eigenvalue weighted by Crippen LogP contribution is 2.19. The van der Waals surface area contributed by atoms with Crippen LogP contribution in [0.25, 0.3) is 0 Å². The minimum atomic E-state index is 0.611. The van der Waals surface area contributed by atoms with Crippen molar-refractivity contribution in [2.75, 3.05) is 42.3 Å². The summed E-state index contributed by atoms with van der Waals surface area (Å²) in [4.78, 5) is 21.9. The number of hydrogen-bond acceptors (Lipinski definition) is 7. The van der Waals surface area contributed by atoms with E-state index in [1.54, 1.807) is 0 Å². The van der Waals surface area contributed by atoms with Crippen LogP contribution >= 0.6 is 0 Å². The van der Waals surface area contributed by atoms with Crippen molar-refractivity contribution in [1.82, 2.24) is 24.5 Å². The number of nitrogens with one attached hydrogen (secondary N) is 1. The van der Waals surface area contributed by atoms with Crippen LogP contribution in [0, 0.1) is 0 Å². The Hall–Kier alpha value is -2.38. The molecule has 0 saturated heterocycles. The van der Waals surface area contributed by atoms with Gasteiger partial charge in [0.25, 0.3) is 0 Å². The summed E-state index contributed by atoms with van der Waals surface area (Å²) in [5.41, 5.74) is 0. The van der Waals surface area contributed by atoms with Crippen molar-refractivity contribution in [1.29, 1.82) is 0 Å². The Labute approximate surface area is 123 Å². The van der Waals surface area contributed by atoms with Crippen LogP contribution in [-0.4, -0.2) is 51.7 Å². The molecule has 8 heteroatoms. The van der Waals surface area contributed by atoms with Crippen molar-refractivity contribution in [2.24, 2.45) is 0 Å². The van der Waals surface area contributed by atoms with Crippen molar-refractivity contribution >= 4 is 17.8 Å². The van der Waals surface area contributed by atoms with Gasteiger partial charge in [-0.15, -0.1) is 0 Å². The zero-order valence-electron chi connectivity index (χ0n) is 12.6. The van der Waals surface area contributed by atoms with Crippen LogP contribution in [0.3, 0.4) is 0 Å². The van der Waals surface area contributed by atoms with E-state index in [-0.39, 0.29) is 0 Å². The first kappa shape index (κ1) is 13.6. The lowest BCUT2D eigenvalue weighted by Gasteiger charge is -2.28. The van der Waals surface area contributed by atoms with Gasteiger partial charge in [-0.05, 0) is 6.92 Å². The van der Waals surface area contributed by atoms with Gasteiger partial charge < -0.3 is 19.7 Å². The van der Waals surface area contributed by atoms with Gasteiger partial charge in [0.2, 0.25) is 17.8 Å². The van der Waals surface area contributed by atoms with Crippen molar-refractivity contribution in [3.8, 4) is 0 Å². The average Bonchev–Trinajstić information content (AvgIpc) is 2.94. The lowest BCUT2D eigenvalue weighted by atomic mass is 10.4. The molecule has 0 amide bonds. The molecule has 0 radical (unpaired) electrons. The summed E-state index contributed by atoms with van der Waals surface area (Å²) in [5.74, 6) is 3.00. The van der Waals surface area contributed by atoms with Crippen molar-refractivity contribution in [3.63, 3.8) is 0 Å². The van der Waals surface area contributed by atoms with E-state index in [2.05, 4.69) is 34.7 Å². The van der Waals surface area contributed by atoms with Crippen LogP contribution in [0.15, 0.2) is 12.4 Å². The molecule has 3 rings (SSSR count). The summed E-state index contributed by atoms with van der Waals surface area (Å²) >= 11 is 0. The van der Waals surface area contributed by atoms with Gasteiger partial charge in [-0.1, -0.05) is 0 Å². The molecule has 8 nitrogen and oxygen atoms in total. The molecule has 0 unspecified atom stereocenters. The van der Waals surface area contributed by atoms with Gasteiger partial charge in [0.15, 0.2) is 0 Å². The molecule has 0 atom stereocenters. The average molecular weight is 288 g/mol. The third kappa shape index (κ3) is 2.74. The first-order valence-electron chi connectivity index (χ1n) is 7.09. The predicted molar refractivity (Wildman–Crippen MR) is 81.6 cm³/mol. The quantitative estimate of drug-likeness (QED) is 0.882. The van der Waals surface area contributed by atoms with E-state index in [0.29, 0.717) is 17.8 Å². The highest BCUT2D eigenvalue weighted by molar-refractivity contribution is 5.44. The smallest absolute Gasteiger partial charge is 0.232 e. The fourth-order valence-electron chi connectivity index (χ4n) is 2.28. The summed E-state index contributed by atoms with van der Waals surface area (Å²) in [7, 11) is 3.86. The van der Waals surface area contributed by atoms with Crippen LogP contribution in [0.2, 0.25) is 0 Å². The Morgan fingerprint density at radius 3 is 2.86 bits per heavy atom. The number of imidazole rings is 1. The largest absolute Gasteiger partial charge is 0.354 e. The third-order valence-electron chi connectivity index (χ3n) is 3.37. The van der Waals surface area contributed by atoms with Crippen LogP contribution < -0.4 is 15.1 Å². The minimum Gasteiger partial charge on any atom is -0.354 e. The van der Waals surface area contributed by atoms with Crippen LogP contribution in [-0.2, 0) is 13.1 Å². The molecule has 21 heavy (non-hydrogen) atoms. The molecule has 1 aliphatic heterocycles. The summed E-state index contributed by atoms with van der Waals surface area (Å²) in [6.07, 6.45) is 3.84. The van der Waals surface area contributed by atoms with Gasteiger partial charge in [0.05, 0.1) is 6.54 Å². The molecule has 3 heterocycles. The van der Waals surface area contributed by atoms with Gasteiger partial charge in [0.1, 0.15) is 5.82 Å². The molecule has 0 saturated carbocycles. The maximum absolute atomic E-state index is 4.55. The SMILES string of the molecule is CCNc1nc(N(C)C)nc(N2CCn3ccnc3C2)n1. The topological polar surface area (TPSA) is 75.0 Å². The van der Waals surface area contributed by atoms with Crippen molar-refractivity contribution < 1.29 is 0 Å². The Kier molecular flexibility index (Phi) is 3.59. The maximum Gasteiger partial charge on any atom is 0.232 e. The van der Waals surface area contributed by atoms with Gasteiger partial charge in [0, 0.05) is 46.1 Å². The molecule has 2 aromatic rings. The zero-order valence-corrected chi connectivity index (χ0v) is 12.6. The fraction of sp³-hybridized carbons (Fsp3) is 0.538. The minimum absolute atomic E-state index is 0.611. The van der Waals surface area contributed by atoms with E-state index < -0.39 is 0 Å². The van der Waals surface area contributed by atoms with Crippen LogP contribution in [0.1, 0.15) is 12.7 Å². The van der Waals surface area contributed by atoms with Crippen LogP contribution in [0.5, 0.6) is 0 Å². The van der Waals surface area contributed by atoms with E-state index in [4.69, 9.17) is 0 Å². The second kappa shape index (κ2) is 5.55. The normalized spacial score (nSPS) is 14.0. The molecular formula is C13H20N8. The first-order chi connectivity index (χ1) is 10.2. The van der Waals surface area contributed by atoms with E-state index in [1.165, 1.54) is 0 Å². The number of aromatic nitrogens is 5. The Balaban J connectivity index is 1.91. The Bertz CT molecular complexity index is 620. The lowest BCUT2D eigenvalue weighted by molar-refractivity contribution is 0.551. The van der Waals surface area contributed by atoms with E-state index in [1.807, 2.05) is 38.3 Å². The summed E-state index contributed by atoms with van der Waals surface area (Å²) in [5, 5.41) is 3.16. The number of rotatable bonds is 4. The zero-order chi connectivity index (χ0) is 14.8. The second-order valence-corrected chi connectivity index (χ2v) is 5.14. The third-order valence-corrected chi connectivity index (χ3v) is 3.37. The summed E-state index contributed by atoms with van der Waals surface area (Å²) < 4.78 is 2.16. The predicted octanol–water partition coefficient (Wildman–Crippen LogP) is 0.586. The van der Waals surface area contributed by atoms with Crippen molar-refractivity contribution in [3.05, 3.63) is 18.2 Å². The Morgan fingerprint density at radius 1 is 1.24 bits per heavy atom. The second-order valence-electron chi connectivity index (χ2n) is 5.14. The molecule has 0 aromatic carbocycles. The monoisotopic (exact) mass is 288 g/mol. The molecular weight excluding hydrogens is 268 g/mol. The molecule has 0 aliphatic carbocycles. The molecule has 2 aromatic heterocycles. The molecule has 0 bridgehead atoms. The van der Waals surface area contributed by atoms with Gasteiger partial charge >= 0.3 is 0 Å². The van der Waals surface area contributed by atoms with Crippen LogP contribution in [0.4, 0.5) is 17.8 Å². The molecule has 1 N–H and O–H groups in total. The van der Waals surface area contributed by atoms with Crippen molar-refractivity contribution in [2.45, 2.75) is 20.0 Å². The van der Waals surface area contributed by atoms with E-state index in [0.717, 1.165) is 32.0 Å². The number of hydrogen-bond donors (Lipinski definition) is 1. The molecule has 0 fully saturated rings. The van der Waals surface area contributed by atoms with Gasteiger partial charge in [-0.25, -0.2) is 4.98 Å². The number of fused-ring (bicyclic) bond motifs is 1. The fourth-order valence-corrected chi connectivity index (χ4v) is 2.28. The standard InChI is InChI=1S/C13H20N8/c1-4-14-11-16-12(19(2)3)18-13(17-11)21-8-7-20-6-5-15-10(20)9-21/h5-6H,4,7-9H2,1-3H3,(H,14,16,17,18). The molecule has 0 spiro atoms. The summed E-state index contributed by atoms with van der Waals surface area (Å²) in [6.45, 7) is 5.29. The van der Waals surface area contributed by atoms with E-state index >= 15 is 0 Å². The van der Waals surface area contributed by atoms with E-state index in [9.17, 15) is 0 Å². The summed E-state index contributed by atoms with van der Waals surface area (Å²) in [6, 6.07) is 0. The highest BCUT2D eigenvalue weighted by atomic mass is 15.4. The number of nitrogens with zero attached hydrogens (tertiary/aromatic N) is 7. The van der Waals surface area contributed by atoms with Gasteiger partial charge in [-0.2, -0.15) is 15.0 Å². The molecule has 112 valence electrons.